The van der Waals surface area contributed by atoms with Crippen LogP contribution < -0.4 is 31.5 Å². The predicted molar refractivity (Wildman–Crippen MR) is 375 cm³/mol. The molecule has 510 valence electrons. The first kappa shape index (κ1) is 66.6. The number of nitrogens with zero attached hydrogens (tertiary/aromatic N) is 9. The lowest BCUT2D eigenvalue weighted by Gasteiger charge is -2.12. The molecule has 27 nitrogen and oxygen atoms in total. The molecule has 9 aromatic carbocycles. The molecule has 15 aromatic rings. The predicted octanol–water partition coefficient (Wildman–Crippen LogP) is 12.6. The molecule has 0 radical (unpaired) electrons. The van der Waals surface area contributed by atoms with Crippen LogP contribution in [-0.4, -0.2) is 112 Å². The van der Waals surface area contributed by atoms with Gasteiger partial charge in [-0.2, -0.15) is 15.0 Å². The van der Waals surface area contributed by atoms with Gasteiger partial charge in [-0.15, -0.1) is 0 Å². The summed E-state index contributed by atoms with van der Waals surface area (Å²) in [5, 5.41) is 40.5. The van der Waals surface area contributed by atoms with Crippen LogP contribution in [0.2, 0.25) is 0 Å². The molecule has 0 unspecified atom stereocenters. The Bertz CT molecular complexity index is 5200. The molecule has 0 aliphatic rings. The number of carboxylic acid groups (broad SMARTS) is 3. The second kappa shape index (κ2) is 29.4. The molecule has 27 heteroatoms. The van der Waals surface area contributed by atoms with Gasteiger partial charge in [0.15, 0.2) is 17.5 Å². The Balaban J connectivity index is 0.000000137. The molecule has 102 heavy (non-hydrogen) atoms. The Morgan fingerprint density at radius 3 is 0.833 bits per heavy atom. The molecule has 0 amide bonds. The highest BCUT2D eigenvalue weighted by Crippen LogP contribution is 2.36. The van der Waals surface area contributed by atoms with Crippen molar-refractivity contribution in [2.45, 2.75) is 40.4 Å². The number of aromatic amines is 3. The maximum absolute atomic E-state index is 11.8. The maximum Gasteiger partial charge on any atom is 0.439 e. The zero-order valence-electron chi connectivity index (χ0n) is 54.6. The van der Waals surface area contributed by atoms with E-state index in [2.05, 4.69) is 58.9 Å². The number of H-pyrrole nitrogens is 3. The smallest absolute Gasteiger partial charge is 0.439 e. The highest BCUT2D eigenvalue weighted by molar-refractivity contribution is 6.03. The summed E-state index contributed by atoms with van der Waals surface area (Å²) in [6.07, 6.45) is 0. The van der Waals surface area contributed by atoms with Gasteiger partial charge in [0.1, 0.15) is 0 Å². The lowest BCUT2D eigenvalue weighted by molar-refractivity contribution is 0.0687. The summed E-state index contributed by atoms with van der Waals surface area (Å²) in [4.78, 5) is 90.9. The lowest BCUT2D eigenvalue weighted by Crippen LogP contribution is -2.08. The number of aromatic nitrogens is 12. The molecule has 0 atom stereocenters. The van der Waals surface area contributed by atoms with Crippen LogP contribution in [0.15, 0.2) is 228 Å². The number of para-hydroxylation sites is 3. The Kier molecular flexibility index (Phi) is 19.2. The van der Waals surface area contributed by atoms with Crippen LogP contribution in [-0.2, 0) is 19.6 Å². The first-order valence-corrected chi connectivity index (χ1v) is 31.9. The van der Waals surface area contributed by atoms with E-state index in [9.17, 15) is 44.1 Å². The van der Waals surface area contributed by atoms with E-state index in [0.717, 1.165) is 66.8 Å². The first-order chi connectivity index (χ1) is 49.6. The van der Waals surface area contributed by atoms with Crippen molar-refractivity contribution in [3.63, 3.8) is 0 Å². The number of nitrogens with one attached hydrogen (secondary N) is 3. The van der Waals surface area contributed by atoms with Gasteiger partial charge in [-0.1, -0.05) is 179 Å². The van der Waals surface area contributed by atoms with Crippen LogP contribution in [0, 0.1) is 0 Å². The minimum absolute atomic E-state index is 0.170. The quantitative estimate of drug-likeness (QED) is 0.0389. The van der Waals surface area contributed by atoms with Crippen LogP contribution in [0.4, 0.5) is 0 Å². The van der Waals surface area contributed by atoms with Crippen molar-refractivity contribution in [2.75, 3.05) is 19.8 Å². The van der Waals surface area contributed by atoms with Crippen LogP contribution in [0.5, 0.6) is 18.0 Å². The van der Waals surface area contributed by atoms with E-state index >= 15 is 0 Å². The van der Waals surface area contributed by atoms with E-state index in [-0.39, 0.29) is 16.7 Å². The Morgan fingerprint density at radius 2 is 0.608 bits per heavy atom. The standard InChI is InChI=1S/3C25H20N4O5/c3*1-2-33-24-26-20-9-5-8-19(23(30)31)21(20)29(24)14-15-10-12-16(13-11-15)17-6-3-4-7-18(17)22-27-25(32)34-28-22/h3*3-13H,2,14H2,1H3,(H,30,31)(H,27,28,32). The van der Waals surface area contributed by atoms with Crippen LogP contribution in [0.1, 0.15) is 68.5 Å². The molecule has 0 aliphatic heterocycles. The van der Waals surface area contributed by atoms with Crippen molar-refractivity contribution in [3.8, 4) is 85.6 Å². The SMILES string of the molecule is CCOc1nc2cccc(C(=O)O)c2n1Cc1ccc(-c2ccccc2-c2noc(=O)[nH]2)cc1.CCOc1nc2cccc(C(=O)O)c2n1Cc1ccc(-c2ccccc2-c2noc(=O)[nH]2)cc1.CCOc1nc2cccc(C(=O)O)c2n1Cc1ccc(-c2ccccc2-c2noc(=O)[nH]2)cc1. The van der Waals surface area contributed by atoms with Crippen molar-refractivity contribution in [1.29, 1.82) is 0 Å². The summed E-state index contributed by atoms with van der Waals surface area (Å²) >= 11 is 0. The van der Waals surface area contributed by atoms with Crippen molar-refractivity contribution < 1.29 is 57.5 Å². The molecular weight excluding hydrogens is 1310 g/mol. The molecule has 0 saturated heterocycles. The number of carboxylic acids is 3. The second-order valence-electron chi connectivity index (χ2n) is 22.7. The van der Waals surface area contributed by atoms with Crippen LogP contribution in [0.25, 0.3) is 101 Å². The van der Waals surface area contributed by atoms with Gasteiger partial charge in [-0.3, -0.25) is 42.2 Å². The van der Waals surface area contributed by atoms with Gasteiger partial charge >= 0.3 is 35.2 Å². The van der Waals surface area contributed by atoms with E-state index in [0.29, 0.717) is 108 Å². The van der Waals surface area contributed by atoms with E-state index in [1.807, 2.05) is 166 Å². The Labute approximate surface area is 576 Å². The fourth-order valence-electron chi connectivity index (χ4n) is 11.9. The highest BCUT2D eigenvalue weighted by atomic mass is 16.5. The molecular formula is C75H60N12O15. The molecule has 0 spiro atoms. The number of benzene rings is 9. The van der Waals surface area contributed by atoms with Crippen molar-refractivity contribution in [2.24, 2.45) is 0 Å². The number of fused-ring (bicyclic) bond motifs is 3. The summed E-state index contributed by atoms with van der Waals surface area (Å²) in [5.74, 6) is -3.82. The molecule has 0 saturated carbocycles. The van der Waals surface area contributed by atoms with Gasteiger partial charge < -0.3 is 29.5 Å². The maximum atomic E-state index is 11.8. The van der Waals surface area contributed by atoms with Gasteiger partial charge in [0.2, 0.25) is 0 Å². The van der Waals surface area contributed by atoms with E-state index in [4.69, 9.17) is 14.2 Å². The number of ether oxygens (including phenoxy) is 3. The van der Waals surface area contributed by atoms with E-state index in [1.54, 1.807) is 68.3 Å². The first-order valence-electron chi connectivity index (χ1n) is 31.9. The van der Waals surface area contributed by atoms with Gasteiger partial charge in [-0.05, 0) is 107 Å². The zero-order valence-corrected chi connectivity index (χ0v) is 54.6. The monoisotopic (exact) mass is 1370 g/mol. The fraction of sp³-hybridized carbons (Fsp3) is 0.120. The number of rotatable bonds is 21. The third kappa shape index (κ3) is 14.0. The number of imidazole rings is 3. The minimum Gasteiger partial charge on any atom is -0.478 e. The van der Waals surface area contributed by atoms with Crippen LogP contribution in [0.3, 0.4) is 0 Å². The molecule has 0 bridgehead atoms. The summed E-state index contributed by atoms with van der Waals surface area (Å²) < 4.78 is 36.4. The average Bonchev–Trinajstić information content (AvgIpc) is 1.62. The van der Waals surface area contributed by atoms with Gasteiger partial charge in [0.05, 0.1) is 89.2 Å². The molecule has 6 aromatic heterocycles. The topological polar surface area (TPSA) is 370 Å². The minimum atomic E-state index is -1.02. The zero-order chi connectivity index (χ0) is 71.0. The Morgan fingerprint density at radius 1 is 0.353 bits per heavy atom. The fourth-order valence-corrected chi connectivity index (χ4v) is 11.9. The lowest BCUT2D eigenvalue weighted by atomic mass is 9.98. The van der Waals surface area contributed by atoms with Crippen molar-refractivity contribution >= 4 is 51.0 Å². The molecule has 6 heterocycles. The molecule has 0 aliphatic carbocycles. The van der Waals surface area contributed by atoms with Crippen LogP contribution >= 0.6 is 0 Å². The van der Waals surface area contributed by atoms with Gasteiger partial charge in [-0.25, -0.2) is 28.8 Å². The number of hydrogen-bond donors (Lipinski definition) is 6. The molecule has 6 N–H and O–H groups in total. The summed E-state index contributed by atoms with van der Waals surface area (Å²) in [5.41, 5.74) is 14.2. The normalized spacial score (nSPS) is 11.1. The largest absolute Gasteiger partial charge is 0.478 e. The number of carbonyl (C=O) groups is 3. The third-order valence-corrected chi connectivity index (χ3v) is 16.4. The number of hydrogen-bond acceptors (Lipinski definition) is 18. The summed E-state index contributed by atoms with van der Waals surface area (Å²) in [6.45, 7) is 7.95. The Hall–Kier alpha value is -14.0. The molecule has 15 rings (SSSR count). The van der Waals surface area contributed by atoms with Gasteiger partial charge in [0.25, 0.3) is 18.0 Å². The number of aromatic carboxylic acids is 3. The summed E-state index contributed by atoms with van der Waals surface area (Å²) in [7, 11) is 0. The van der Waals surface area contributed by atoms with E-state index in [1.165, 1.54) is 0 Å². The molecule has 0 fully saturated rings. The van der Waals surface area contributed by atoms with E-state index < -0.39 is 35.2 Å². The second-order valence-corrected chi connectivity index (χ2v) is 22.7. The third-order valence-electron chi connectivity index (χ3n) is 16.4. The van der Waals surface area contributed by atoms with Gasteiger partial charge in [0, 0.05) is 16.7 Å². The summed E-state index contributed by atoms with van der Waals surface area (Å²) in [6, 6.07) is 62.4. The average molecular weight is 1370 g/mol. The highest BCUT2D eigenvalue weighted by Gasteiger charge is 2.24. The van der Waals surface area contributed by atoms with Crippen molar-refractivity contribution in [1.82, 2.24) is 59.1 Å². The van der Waals surface area contributed by atoms with Crippen molar-refractivity contribution in [3.05, 3.63) is 265 Å².